The van der Waals surface area contributed by atoms with Crippen molar-refractivity contribution in [3.05, 3.63) is 82.4 Å². The molecule has 144 valence electrons. The predicted molar refractivity (Wildman–Crippen MR) is 113 cm³/mol. The fourth-order valence-corrected chi connectivity index (χ4v) is 3.82. The fraction of sp³-hybridized carbons (Fsp3) is 0.174. The Hall–Kier alpha value is -3.67. The zero-order chi connectivity index (χ0) is 19.8. The Morgan fingerprint density at radius 2 is 1.97 bits per heavy atom. The maximum absolute atomic E-state index is 12.2. The molecule has 0 bridgehead atoms. The molecule has 2 aromatic carbocycles. The van der Waals surface area contributed by atoms with Gasteiger partial charge in [0.15, 0.2) is 0 Å². The van der Waals surface area contributed by atoms with Gasteiger partial charge in [-0.1, -0.05) is 17.7 Å². The summed E-state index contributed by atoms with van der Waals surface area (Å²) in [5.74, 6) is 0.612. The van der Waals surface area contributed by atoms with Gasteiger partial charge in [-0.25, -0.2) is 0 Å². The summed E-state index contributed by atoms with van der Waals surface area (Å²) >= 11 is 0. The van der Waals surface area contributed by atoms with Crippen LogP contribution < -0.4 is 15.2 Å². The van der Waals surface area contributed by atoms with Gasteiger partial charge in [0.05, 0.1) is 17.1 Å². The molecule has 0 amide bonds. The molecule has 1 N–H and O–H groups in total. The van der Waals surface area contributed by atoms with E-state index in [2.05, 4.69) is 45.0 Å². The minimum atomic E-state index is -0.246. The van der Waals surface area contributed by atoms with Gasteiger partial charge in [0.1, 0.15) is 5.75 Å². The number of aryl methyl sites for hydroxylation is 2. The van der Waals surface area contributed by atoms with Gasteiger partial charge in [0.25, 0.3) is 5.56 Å². The van der Waals surface area contributed by atoms with E-state index < -0.39 is 0 Å². The van der Waals surface area contributed by atoms with Gasteiger partial charge in [0, 0.05) is 24.1 Å². The number of rotatable bonds is 3. The first-order chi connectivity index (χ1) is 14.2. The zero-order valence-electron chi connectivity index (χ0n) is 16.1. The first-order valence-corrected chi connectivity index (χ1v) is 9.66. The quantitative estimate of drug-likeness (QED) is 0.563. The number of pyridine rings is 1. The molecule has 0 fully saturated rings. The van der Waals surface area contributed by atoms with Crippen LogP contribution in [0.3, 0.4) is 0 Å². The molecule has 6 heteroatoms. The molecule has 29 heavy (non-hydrogen) atoms. The molecule has 1 aliphatic rings. The Morgan fingerprint density at radius 3 is 2.83 bits per heavy atom. The van der Waals surface area contributed by atoms with E-state index in [1.807, 2.05) is 24.3 Å². The van der Waals surface area contributed by atoms with Crippen molar-refractivity contribution in [2.45, 2.75) is 19.8 Å². The molecule has 0 atom stereocenters. The summed E-state index contributed by atoms with van der Waals surface area (Å²) in [4.78, 5) is 25.5. The molecule has 2 aromatic heterocycles. The highest BCUT2D eigenvalue weighted by molar-refractivity contribution is 5.76. The molecule has 0 radical (unpaired) electrons. The first kappa shape index (κ1) is 17.4. The molecule has 4 aromatic rings. The summed E-state index contributed by atoms with van der Waals surface area (Å²) in [5, 5.41) is 0.488. The topological polar surface area (TPSA) is 71.1 Å². The number of fused-ring (bicyclic) bond motifs is 2. The Balaban J connectivity index is 1.41. The summed E-state index contributed by atoms with van der Waals surface area (Å²) in [7, 11) is 0. The largest absolute Gasteiger partial charge is 0.426 e. The van der Waals surface area contributed by atoms with Gasteiger partial charge < -0.3 is 9.64 Å². The molecular formula is C23H20N4O2. The van der Waals surface area contributed by atoms with Gasteiger partial charge in [-0.3, -0.25) is 14.8 Å². The highest BCUT2D eigenvalue weighted by atomic mass is 16.5. The number of hydrogen-bond acceptors (Lipinski definition) is 5. The lowest BCUT2D eigenvalue weighted by Crippen LogP contribution is -2.24. The molecule has 0 spiro atoms. The lowest BCUT2D eigenvalue weighted by Gasteiger charge is -2.31. The number of aromatic amines is 1. The second-order valence-corrected chi connectivity index (χ2v) is 7.25. The van der Waals surface area contributed by atoms with Crippen LogP contribution in [-0.4, -0.2) is 21.5 Å². The molecule has 1 aliphatic heterocycles. The first-order valence-electron chi connectivity index (χ1n) is 9.66. The van der Waals surface area contributed by atoms with Crippen molar-refractivity contribution in [3.8, 4) is 11.8 Å². The zero-order valence-corrected chi connectivity index (χ0v) is 16.1. The molecule has 0 saturated carbocycles. The number of ether oxygens (including phenoxy) is 1. The summed E-state index contributed by atoms with van der Waals surface area (Å²) in [6, 6.07) is 16.3. The molecule has 0 aliphatic carbocycles. The van der Waals surface area contributed by atoms with Crippen LogP contribution in [0.15, 0.2) is 65.7 Å². The SMILES string of the molecule is Cc1ccc2c(c1)CCCN2c1ccc(Oc2nc3cnccc3c(=O)[nH]2)cc1. The van der Waals surface area contributed by atoms with Crippen molar-refractivity contribution in [1.29, 1.82) is 0 Å². The summed E-state index contributed by atoms with van der Waals surface area (Å²) in [6.07, 6.45) is 5.37. The minimum Gasteiger partial charge on any atom is -0.426 e. The van der Waals surface area contributed by atoms with E-state index in [-0.39, 0.29) is 11.6 Å². The summed E-state index contributed by atoms with van der Waals surface area (Å²) in [6.45, 7) is 3.12. The van der Waals surface area contributed by atoms with Gasteiger partial charge in [0.2, 0.25) is 0 Å². The third kappa shape index (κ3) is 3.33. The second kappa shape index (κ2) is 7.05. The monoisotopic (exact) mass is 384 g/mol. The maximum atomic E-state index is 12.2. The van der Waals surface area contributed by atoms with Crippen molar-refractivity contribution in [2.75, 3.05) is 11.4 Å². The average molecular weight is 384 g/mol. The fourth-order valence-electron chi connectivity index (χ4n) is 3.82. The Labute approximate surface area is 167 Å². The van der Waals surface area contributed by atoms with E-state index in [4.69, 9.17) is 4.74 Å². The van der Waals surface area contributed by atoms with E-state index in [9.17, 15) is 4.79 Å². The Bertz CT molecular complexity index is 1250. The Kier molecular flexibility index (Phi) is 4.24. The van der Waals surface area contributed by atoms with Gasteiger partial charge in [-0.05, 0) is 61.7 Å². The van der Waals surface area contributed by atoms with Crippen molar-refractivity contribution in [2.24, 2.45) is 0 Å². The molecule has 0 unspecified atom stereocenters. The van der Waals surface area contributed by atoms with Crippen molar-refractivity contribution in [3.63, 3.8) is 0 Å². The minimum absolute atomic E-state index is 0.155. The molecule has 0 saturated heterocycles. The number of H-pyrrole nitrogens is 1. The molecule has 5 rings (SSSR count). The van der Waals surface area contributed by atoms with E-state index in [0.717, 1.165) is 25.1 Å². The Morgan fingerprint density at radius 1 is 1.10 bits per heavy atom. The average Bonchev–Trinajstić information content (AvgIpc) is 2.74. The summed E-state index contributed by atoms with van der Waals surface area (Å²) < 4.78 is 5.78. The standard InChI is InChI=1S/C23H20N4O2/c1-15-4-9-21-16(13-15)3-2-12-27(21)17-5-7-18(8-6-17)29-23-25-20-14-24-11-10-19(20)22(28)26-23/h4-11,13-14H,2-3,12H2,1H3,(H,25,26,28). The van der Waals surface area contributed by atoms with E-state index >= 15 is 0 Å². The predicted octanol–water partition coefficient (Wildman–Crippen LogP) is 4.50. The lowest BCUT2D eigenvalue weighted by atomic mass is 9.99. The number of benzene rings is 2. The van der Waals surface area contributed by atoms with Gasteiger partial charge >= 0.3 is 6.01 Å². The lowest BCUT2D eigenvalue weighted by molar-refractivity contribution is 0.443. The van der Waals surface area contributed by atoms with Crippen LogP contribution in [0.2, 0.25) is 0 Å². The van der Waals surface area contributed by atoms with Crippen LogP contribution in [0.25, 0.3) is 10.9 Å². The van der Waals surface area contributed by atoms with Gasteiger partial charge in [-0.2, -0.15) is 4.98 Å². The van der Waals surface area contributed by atoms with E-state index in [0.29, 0.717) is 16.7 Å². The van der Waals surface area contributed by atoms with Gasteiger partial charge in [-0.15, -0.1) is 0 Å². The van der Waals surface area contributed by atoms with Crippen LogP contribution in [0.5, 0.6) is 11.8 Å². The maximum Gasteiger partial charge on any atom is 0.302 e. The highest BCUT2D eigenvalue weighted by Gasteiger charge is 2.18. The molecular weight excluding hydrogens is 364 g/mol. The summed E-state index contributed by atoms with van der Waals surface area (Å²) in [5.41, 5.74) is 5.33. The second-order valence-electron chi connectivity index (χ2n) is 7.25. The number of nitrogens with one attached hydrogen (secondary N) is 1. The third-order valence-corrected chi connectivity index (χ3v) is 5.20. The number of nitrogens with zero attached hydrogens (tertiary/aromatic N) is 3. The third-order valence-electron chi connectivity index (χ3n) is 5.20. The number of anilines is 2. The van der Waals surface area contributed by atoms with E-state index in [1.165, 1.54) is 16.8 Å². The van der Waals surface area contributed by atoms with Crippen molar-refractivity contribution < 1.29 is 4.74 Å². The molecule has 6 nitrogen and oxygen atoms in total. The number of aromatic nitrogens is 3. The van der Waals surface area contributed by atoms with Crippen LogP contribution in [0.1, 0.15) is 17.5 Å². The normalized spacial score (nSPS) is 13.3. The smallest absolute Gasteiger partial charge is 0.302 e. The highest BCUT2D eigenvalue weighted by Crippen LogP contribution is 2.35. The van der Waals surface area contributed by atoms with Crippen LogP contribution in [-0.2, 0) is 6.42 Å². The van der Waals surface area contributed by atoms with Crippen molar-refractivity contribution in [1.82, 2.24) is 15.0 Å². The molecule has 3 heterocycles. The van der Waals surface area contributed by atoms with Crippen LogP contribution in [0.4, 0.5) is 11.4 Å². The van der Waals surface area contributed by atoms with Crippen LogP contribution >= 0.6 is 0 Å². The van der Waals surface area contributed by atoms with E-state index in [1.54, 1.807) is 18.5 Å². The number of hydrogen-bond donors (Lipinski definition) is 1. The van der Waals surface area contributed by atoms with Crippen LogP contribution in [0, 0.1) is 6.92 Å². The van der Waals surface area contributed by atoms with Crippen molar-refractivity contribution >= 4 is 22.3 Å².